The maximum atomic E-state index is 13.9. The summed E-state index contributed by atoms with van der Waals surface area (Å²) in [5.74, 6) is 1.37. The summed E-state index contributed by atoms with van der Waals surface area (Å²) in [6, 6.07) is 8.94. The Bertz CT molecular complexity index is 797. The van der Waals surface area contributed by atoms with Gasteiger partial charge in [0.15, 0.2) is 0 Å². The Morgan fingerprint density at radius 2 is 2.11 bits per heavy atom. The minimum Gasteiger partial charge on any atom is -0.394 e. The van der Waals surface area contributed by atoms with Gasteiger partial charge in [0.25, 0.3) is 0 Å². The average molecular weight is 386 g/mol. The van der Waals surface area contributed by atoms with Crippen molar-refractivity contribution in [1.29, 1.82) is 0 Å². The molecule has 4 rings (SSSR count). The average Bonchev–Trinajstić information content (AvgIpc) is 3.22. The Kier molecular flexibility index (Phi) is 5.73. The molecule has 1 aromatic carbocycles. The SMILES string of the molecule is OCC1CCCN1c1cc(NCC2(c3cccc(F)c3)CCOCC2)ncn1. The minimum atomic E-state index is -0.211. The second-order valence-electron chi connectivity index (χ2n) is 7.69. The van der Waals surface area contributed by atoms with Gasteiger partial charge in [-0.05, 0) is 43.4 Å². The van der Waals surface area contributed by atoms with Gasteiger partial charge < -0.3 is 20.1 Å². The summed E-state index contributed by atoms with van der Waals surface area (Å²) < 4.78 is 19.4. The first-order valence-corrected chi connectivity index (χ1v) is 9.97. The molecular formula is C21H27FN4O2. The number of nitrogens with zero attached hydrogens (tertiary/aromatic N) is 3. The second kappa shape index (κ2) is 8.41. The van der Waals surface area contributed by atoms with Crippen LogP contribution in [0.1, 0.15) is 31.2 Å². The first kappa shape index (κ1) is 19.1. The van der Waals surface area contributed by atoms with E-state index in [2.05, 4.69) is 20.2 Å². The van der Waals surface area contributed by atoms with Gasteiger partial charge in [-0.2, -0.15) is 0 Å². The molecule has 0 aliphatic carbocycles. The molecule has 7 heteroatoms. The van der Waals surface area contributed by atoms with Crippen LogP contribution in [0, 0.1) is 5.82 Å². The minimum absolute atomic E-state index is 0.122. The number of aromatic nitrogens is 2. The molecule has 1 aromatic heterocycles. The summed E-state index contributed by atoms with van der Waals surface area (Å²) >= 11 is 0. The molecule has 6 nitrogen and oxygen atoms in total. The molecule has 0 saturated carbocycles. The van der Waals surface area contributed by atoms with Crippen molar-refractivity contribution in [2.24, 2.45) is 0 Å². The summed E-state index contributed by atoms with van der Waals surface area (Å²) in [7, 11) is 0. The van der Waals surface area contributed by atoms with Gasteiger partial charge >= 0.3 is 0 Å². The lowest BCUT2D eigenvalue weighted by Crippen LogP contribution is -2.40. The lowest BCUT2D eigenvalue weighted by Gasteiger charge is -2.38. The van der Waals surface area contributed by atoms with Crippen molar-refractivity contribution in [3.63, 3.8) is 0 Å². The maximum absolute atomic E-state index is 13.9. The number of rotatable bonds is 6. The van der Waals surface area contributed by atoms with Gasteiger partial charge in [-0.15, -0.1) is 0 Å². The predicted octanol–water partition coefficient (Wildman–Crippen LogP) is 2.74. The first-order chi connectivity index (χ1) is 13.7. The largest absolute Gasteiger partial charge is 0.394 e. The van der Waals surface area contributed by atoms with E-state index in [-0.39, 0.29) is 23.9 Å². The summed E-state index contributed by atoms with van der Waals surface area (Å²) in [5.41, 5.74) is 0.810. The van der Waals surface area contributed by atoms with Crippen LogP contribution in [-0.4, -0.2) is 54.0 Å². The molecule has 28 heavy (non-hydrogen) atoms. The van der Waals surface area contributed by atoms with E-state index in [4.69, 9.17) is 4.74 Å². The molecule has 2 aromatic rings. The lowest BCUT2D eigenvalue weighted by atomic mass is 9.74. The van der Waals surface area contributed by atoms with Crippen molar-refractivity contribution in [2.45, 2.75) is 37.1 Å². The number of nitrogens with one attached hydrogen (secondary N) is 1. The van der Waals surface area contributed by atoms with Gasteiger partial charge in [0.05, 0.1) is 12.6 Å². The maximum Gasteiger partial charge on any atom is 0.134 e. The third kappa shape index (κ3) is 3.95. The fourth-order valence-electron chi connectivity index (χ4n) is 4.34. The van der Waals surface area contributed by atoms with Crippen molar-refractivity contribution in [1.82, 2.24) is 9.97 Å². The van der Waals surface area contributed by atoms with Crippen LogP contribution < -0.4 is 10.2 Å². The van der Waals surface area contributed by atoms with Gasteiger partial charge in [0.1, 0.15) is 23.8 Å². The van der Waals surface area contributed by atoms with Crippen LogP contribution in [0.5, 0.6) is 0 Å². The smallest absolute Gasteiger partial charge is 0.134 e. The Labute approximate surface area is 164 Å². The van der Waals surface area contributed by atoms with Crippen LogP contribution in [0.2, 0.25) is 0 Å². The topological polar surface area (TPSA) is 70.5 Å². The molecule has 0 bridgehead atoms. The second-order valence-corrected chi connectivity index (χ2v) is 7.69. The predicted molar refractivity (Wildman–Crippen MR) is 106 cm³/mol. The summed E-state index contributed by atoms with van der Waals surface area (Å²) in [4.78, 5) is 10.9. The third-order valence-corrected chi connectivity index (χ3v) is 6.03. The van der Waals surface area contributed by atoms with Crippen LogP contribution in [0.15, 0.2) is 36.7 Å². The highest BCUT2D eigenvalue weighted by Crippen LogP contribution is 2.35. The highest BCUT2D eigenvalue weighted by Gasteiger charge is 2.35. The van der Waals surface area contributed by atoms with Gasteiger partial charge in [-0.1, -0.05) is 12.1 Å². The van der Waals surface area contributed by atoms with Crippen molar-refractivity contribution in [3.05, 3.63) is 48.0 Å². The third-order valence-electron chi connectivity index (χ3n) is 6.03. The van der Waals surface area contributed by atoms with E-state index >= 15 is 0 Å². The van der Waals surface area contributed by atoms with E-state index in [0.29, 0.717) is 19.8 Å². The fourth-order valence-corrected chi connectivity index (χ4v) is 4.34. The Morgan fingerprint density at radius 1 is 1.25 bits per heavy atom. The first-order valence-electron chi connectivity index (χ1n) is 9.97. The lowest BCUT2D eigenvalue weighted by molar-refractivity contribution is 0.0542. The molecule has 2 N–H and O–H groups in total. The van der Waals surface area contributed by atoms with Crippen LogP contribution in [0.3, 0.4) is 0 Å². The normalized spacial score (nSPS) is 21.6. The van der Waals surface area contributed by atoms with Gasteiger partial charge in [0.2, 0.25) is 0 Å². The Morgan fingerprint density at radius 3 is 2.89 bits per heavy atom. The highest BCUT2D eigenvalue weighted by atomic mass is 19.1. The number of hydrogen-bond donors (Lipinski definition) is 2. The van der Waals surface area contributed by atoms with Crippen LogP contribution >= 0.6 is 0 Å². The van der Waals surface area contributed by atoms with Crippen molar-refractivity contribution in [3.8, 4) is 0 Å². The zero-order valence-corrected chi connectivity index (χ0v) is 16.0. The number of anilines is 2. The molecular weight excluding hydrogens is 359 g/mol. The molecule has 2 aliphatic rings. The summed E-state index contributed by atoms with van der Waals surface area (Å²) in [6.07, 6.45) is 5.26. The van der Waals surface area contributed by atoms with Gasteiger partial charge in [-0.25, -0.2) is 14.4 Å². The van der Waals surface area contributed by atoms with Crippen LogP contribution in [0.4, 0.5) is 16.0 Å². The number of hydrogen-bond acceptors (Lipinski definition) is 6. The molecule has 0 amide bonds. The molecule has 0 radical (unpaired) electrons. The van der Waals surface area contributed by atoms with E-state index in [1.165, 1.54) is 6.07 Å². The van der Waals surface area contributed by atoms with E-state index in [0.717, 1.165) is 49.4 Å². The molecule has 3 heterocycles. The molecule has 150 valence electrons. The van der Waals surface area contributed by atoms with Gasteiger partial charge in [-0.3, -0.25) is 0 Å². The van der Waals surface area contributed by atoms with E-state index in [1.54, 1.807) is 18.5 Å². The van der Waals surface area contributed by atoms with Crippen LogP contribution in [-0.2, 0) is 10.2 Å². The summed E-state index contributed by atoms with van der Waals surface area (Å²) in [5, 5.41) is 13.0. The Balaban J connectivity index is 1.52. The van der Waals surface area contributed by atoms with Crippen molar-refractivity contribution >= 4 is 11.6 Å². The quantitative estimate of drug-likeness (QED) is 0.796. The number of halogens is 1. The molecule has 2 saturated heterocycles. The highest BCUT2D eigenvalue weighted by molar-refractivity contribution is 5.50. The number of benzene rings is 1. The zero-order chi connectivity index (χ0) is 19.4. The Hall–Kier alpha value is -2.25. The fraction of sp³-hybridized carbons (Fsp3) is 0.524. The van der Waals surface area contributed by atoms with E-state index < -0.39 is 0 Å². The molecule has 2 fully saturated rings. The molecule has 1 unspecified atom stereocenters. The van der Waals surface area contributed by atoms with E-state index in [1.807, 2.05) is 12.1 Å². The standard InChI is InChI=1S/C21H27FN4O2/c22-17-4-1-3-16(11-17)21(6-9-28-10-7-21)14-23-19-12-20(25-15-24-19)26-8-2-5-18(26)13-27/h1,3-4,11-12,15,18,27H,2,5-10,13-14H2,(H,23,24,25). The molecule has 1 atom stereocenters. The summed E-state index contributed by atoms with van der Waals surface area (Å²) in [6.45, 7) is 3.01. The monoisotopic (exact) mass is 386 g/mol. The zero-order valence-electron chi connectivity index (χ0n) is 16.0. The number of aliphatic hydroxyl groups is 1. The van der Waals surface area contributed by atoms with Crippen LogP contribution in [0.25, 0.3) is 0 Å². The molecule has 2 aliphatic heterocycles. The van der Waals surface area contributed by atoms with Gasteiger partial charge in [0, 0.05) is 37.8 Å². The number of aliphatic hydroxyl groups excluding tert-OH is 1. The number of ether oxygens (including phenoxy) is 1. The van der Waals surface area contributed by atoms with Crippen molar-refractivity contribution in [2.75, 3.05) is 43.1 Å². The van der Waals surface area contributed by atoms with Crippen molar-refractivity contribution < 1.29 is 14.2 Å². The van der Waals surface area contributed by atoms with E-state index in [9.17, 15) is 9.50 Å². The molecule has 0 spiro atoms.